The van der Waals surface area contributed by atoms with Crippen molar-refractivity contribution in [1.29, 1.82) is 0 Å². The molecule has 2 heterocycles. The lowest BCUT2D eigenvalue weighted by Crippen LogP contribution is -1.92. The number of hydrogen-bond acceptors (Lipinski definition) is 3. The largest absolute Gasteiger partial charge is 0.462 e. The summed E-state index contributed by atoms with van der Waals surface area (Å²) in [6.07, 6.45) is 1.77. The molecule has 1 aromatic rings. The lowest BCUT2D eigenvalue weighted by Gasteiger charge is -1.90. The minimum atomic E-state index is 0.440. The second-order valence-corrected chi connectivity index (χ2v) is 4.09. The van der Waals surface area contributed by atoms with Crippen LogP contribution in [-0.2, 0) is 0 Å². The molecule has 1 aliphatic heterocycles. The molecular formula is C9H11NOS. The fourth-order valence-electron chi connectivity index (χ4n) is 1.15. The molecule has 0 aliphatic carbocycles. The van der Waals surface area contributed by atoms with E-state index in [1.54, 1.807) is 18.0 Å². The maximum absolute atomic E-state index is 5.34. The zero-order valence-electron chi connectivity index (χ0n) is 7.20. The van der Waals surface area contributed by atoms with E-state index >= 15 is 0 Å². The summed E-state index contributed by atoms with van der Waals surface area (Å²) in [7, 11) is 0. The summed E-state index contributed by atoms with van der Waals surface area (Å²) in [5, 5.41) is 1.05. The van der Waals surface area contributed by atoms with Crippen LogP contribution in [0.3, 0.4) is 0 Å². The lowest BCUT2D eigenvalue weighted by atomic mass is 10.3. The fraction of sp³-hybridized carbons (Fsp3) is 0.444. The Balaban J connectivity index is 2.26. The summed E-state index contributed by atoms with van der Waals surface area (Å²) < 4.78 is 5.34. The van der Waals surface area contributed by atoms with Gasteiger partial charge in [0.2, 0.25) is 0 Å². The van der Waals surface area contributed by atoms with Gasteiger partial charge in [0.05, 0.1) is 12.3 Å². The third kappa shape index (κ3) is 1.41. The maximum atomic E-state index is 5.34. The van der Waals surface area contributed by atoms with E-state index in [1.807, 2.05) is 13.0 Å². The smallest absolute Gasteiger partial charge is 0.158 e. The van der Waals surface area contributed by atoms with Crippen LogP contribution in [0.1, 0.15) is 18.2 Å². The Labute approximate surface area is 76.1 Å². The molecule has 0 amide bonds. The highest BCUT2D eigenvalue weighted by atomic mass is 32.2. The lowest BCUT2D eigenvalue weighted by molar-refractivity contribution is 0.557. The van der Waals surface area contributed by atoms with Gasteiger partial charge in [-0.2, -0.15) is 0 Å². The second kappa shape index (κ2) is 2.98. The number of aliphatic imine (C=N–C) groups is 1. The van der Waals surface area contributed by atoms with Crippen LogP contribution < -0.4 is 0 Å². The summed E-state index contributed by atoms with van der Waals surface area (Å²) in [6.45, 7) is 4.15. The third-order valence-corrected chi connectivity index (χ3v) is 2.97. The molecule has 3 heteroatoms. The van der Waals surface area contributed by atoms with Gasteiger partial charge in [-0.05, 0) is 25.5 Å². The minimum Gasteiger partial charge on any atom is -0.462 e. The highest BCUT2D eigenvalue weighted by Crippen LogP contribution is 2.24. The molecule has 0 saturated heterocycles. The van der Waals surface area contributed by atoms with Crippen molar-refractivity contribution in [3.05, 3.63) is 23.7 Å². The SMILES string of the molecule is Cc1coc(C2=N[C@H](C)CS2)c1. The Kier molecular flexibility index (Phi) is 1.97. The van der Waals surface area contributed by atoms with Gasteiger partial charge in [0.25, 0.3) is 0 Å². The molecule has 2 nitrogen and oxygen atoms in total. The molecule has 1 aliphatic rings. The maximum Gasteiger partial charge on any atom is 0.158 e. The molecule has 0 radical (unpaired) electrons. The number of nitrogens with zero attached hydrogens (tertiary/aromatic N) is 1. The average molecular weight is 181 g/mol. The zero-order chi connectivity index (χ0) is 8.55. The van der Waals surface area contributed by atoms with Crippen molar-refractivity contribution in [3.63, 3.8) is 0 Å². The minimum absolute atomic E-state index is 0.440. The van der Waals surface area contributed by atoms with Gasteiger partial charge in [0, 0.05) is 5.75 Å². The summed E-state index contributed by atoms with van der Waals surface area (Å²) >= 11 is 1.77. The van der Waals surface area contributed by atoms with Gasteiger partial charge in [-0.3, -0.25) is 4.99 Å². The Hall–Kier alpha value is -0.700. The van der Waals surface area contributed by atoms with E-state index in [1.165, 1.54) is 0 Å². The van der Waals surface area contributed by atoms with E-state index in [0.29, 0.717) is 6.04 Å². The Morgan fingerprint density at radius 3 is 3.00 bits per heavy atom. The number of aryl methyl sites for hydroxylation is 1. The van der Waals surface area contributed by atoms with Gasteiger partial charge < -0.3 is 4.42 Å². The van der Waals surface area contributed by atoms with Crippen molar-refractivity contribution >= 4 is 16.8 Å². The van der Waals surface area contributed by atoms with Crippen molar-refractivity contribution in [2.75, 3.05) is 5.75 Å². The van der Waals surface area contributed by atoms with E-state index in [-0.39, 0.29) is 0 Å². The molecule has 0 saturated carbocycles. The van der Waals surface area contributed by atoms with Gasteiger partial charge >= 0.3 is 0 Å². The van der Waals surface area contributed by atoms with Crippen LogP contribution in [0.15, 0.2) is 21.7 Å². The number of rotatable bonds is 1. The fourth-order valence-corrected chi connectivity index (χ4v) is 2.13. The Morgan fingerprint density at radius 1 is 1.67 bits per heavy atom. The molecule has 0 bridgehead atoms. The normalized spacial score (nSPS) is 22.8. The first kappa shape index (κ1) is 7.92. The molecule has 1 atom stereocenters. The molecule has 0 N–H and O–H groups in total. The third-order valence-electron chi connectivity index (χ3n) is 1.74. The van der Waals surface area contributed by atoms with Crippen LogP contribution in [0.4, 0.5) is 0 Å². The molecule has 64 valence electrons. The summed E-state index contributed by atoms with van der Waals surface area (Å²) in [5.41, 5.74) is 1.16. The van der Waals surface area contributed by atoms with Crippen LogP contribution in [0.25, 0.3) is 0 Å². The molecule has 0 aromatic carbocycles. The predicted octanol–water partition coefficient (Wildman–Crippen LogP) is 2.47. The van der Waals surface area contributed by atoms with Gasteiger partial charge in [0.15, 0.2) is 5.76 Å². The van der Waals surface area contributed by atoms with Gasteiger partial charge in [-0.25, -0.2) is 0 Å². The predicted molar refractivity (Wildman–Crippen MR) is 51.9 cm³/mol. The first-order valence-corrected chi connectivity index (χ1v) is 5.00. The number of furan rings is 1. The molecule has 0 fully saturated rings. The first-order chi connectivity index (χ1) is 5.75. The quantitative estimate of drug-likeness (QED) is 0.665. The monoisotopic (exact) mass is 181 g/mol. The summed E-state index contributed by atoms with van der Waals surface area (Å²) in [4.78, 5) is 4.46. The first-order valence-electron chi connectivity index (χ1n) is 4.02. The standard InChI is InChI=1S/C9H11NOS/c1-6-3-8(11-4-6)9-10-7(2)5-12-9/h3-4,7H,5H2,1-2H3/t7-/m1/s1. The number of hydrogen-bond donors (Lipinski definition) is 0. The van der Waals surface area contributed by atoms with Crippen molar-refractivity contribution in [1.82, 2.24) is 0 Å². The Morgan fingerprint density at radius 2 is 2.50 bits per heavy atom. The van der Waals surface area contributed by atoms with Crippen LogP contribution in [-0.4, -0.2) is 16.8 Å². The van der Waals surface area contributed by atoms with E-state index in [9.17, 15) is 0 Å². The highest BCUT2D eigenvalue weighted by molar-refractivity contribution is 8.14. The average Bonchev–Trinajstić information content (AvgIpc) is 2.58. The summed E-state index contributed by atoms with van der Waals surface area (Å²) in [6, 6.07) is 2.47. The van der Waals surface area contributed by atoms with Crippen LogP contribution in [0.5, 0.6) is 0 Å². The van der Waals surface area contributed by atoms with Crippen molar-refractivity contribution in [2.24, 2.45) is 4.99 Å². The van der Waals surface area contributed by atoms with E-state index in [0.717, 1.165) is 22.1 Å². The molecule has 0 unspecified atom stereocenters. The summed E-state index contributed by atoms with van der Waals surface area (Å²) in [5.74, 6) is 2.00. The van der Waals surface area contributed by atoms with Crippen LogP contribution >= 0.6 is 11.8 Å². The van der Waals surface area contributed by atoms with Crippen molar-refractivity contribution in [2.45, 2.75) is 19.9 Å². The molecule has 12 heavy (non-hydrogen) atoms. The van der Waals surface area contributed by atoms with Gasteiger partial charge in [-0.15, -0.1) is 11.8 Å². The molecular weight excluding hydrogens is 170 g/mol. The van der Waals surface area contributed by atoms with Crippen molar-refractivity contribution in [3.8, 4) is 0 Å². The van der Waals surface area contributed by atoms with E-state index < -0.39 is 0 Å². The molecule has 2 rings (SSSR count). The van der Waals surface area contributed by atoms with Crippen LogP contribution in [0.2, 0.25) is 0 Å². The topological polar surface area (TPSA) is 25.5 Å². The number of thioether (sulfide) groups is 1. The molecule has 0 spiro atoms. The zero-order valence-corrected chi connectivity index (χ0v) is 8.02. The van der Waals surface area contributed by atoms with E-state index in [2.05, 4.69) is 11.9 Å². The van der Waals surface area contributed by atoms with E-state index in [4.69, 9.17) is 4.42 Å². The Bertz CT molecular complexity index is 316. The van der Waals surface area contributed by atoms with Gasteiger partial charge in [-0.1, -0.05) is 0 Å². The second-order valence-electron chi connectivity index (χ2n) is 3.08. The highest BCUT2D eigenvalue weighted by Gasteiger charge is 2.17. The van der Waals surface area contributed by atoms with Crippen LogP contribution in [0, 0.1) is 6.92 Å². The molecule has 1 aromatic heterocycles. The van der Waals surface area contributed by atoms with Crippen molar-refractivity contribution < 1.29 is 4.42 Å². The van der Waals surface area contributed by atoms with Gasteiger partial charge in [0.1, 0.15) is 5.04 Å².